The SMILES string of the molecule is COc1ccc(CC(=O)NNC(=S)NC(C)c2ccccc2)cc1. The van der Waals surface area contributed by atoms with Gasteiger partial charge < -0.3 is 10.1 Å². The van der Waals surface area contributed by atoms with Crippen molar-refractivity contribution < 1.29 is 9.53 Å². The van der Waals surface area contributed by atoms with E-state index in [0.717, 1.165) is 16.9 Å². The Morgan fingerprint density at radius 2 is 1.75 bits per heavy atom. The van der Waals surface area contributed by atoms with E-state index in [0.29, 0.717) is 5.11 Å². The number of nitrogens with one attached hydrogen (secondary N) is 3. The fourth-order valence-electron chi connectivity index (χ4n) is 2.16. The molecule has 0 aromatic heterocycles. The van der Waals surface area contributed by atoms with Crippen molar-refractivity contribution in [1.82, 2.24) is 16.2 Å². The Bertz CT molecular complexity index is 674. The Hall–Kier alpha value is -2.60. The van der Waals surface area contributed by atoms with Crippen molar-refractivity contribution in [1.29, 1.82) is 0 Å². The minimum atomic E-state index is -0.170. The van der Waals surface area contributed by atoms with Crippen LogP contribution in [0, 0.1) is 0 Å². The molecule has 2 aromatic rings. The van der Waals surface area contributed by atoms with Crippen molar-refractivity contribution in [3.8, 4) is 5.75 Å². The highest BCUT2D eigenvalue weighted by Gasteiger charge is 2.08. The number of hydrogen-bond donors (Lipinski definition) is 3. The van der Waals surface area contributed by atoms with Crippen LogP contribution in [0.2, 0.25) is 0 Å². The third kappa shape index (κ3) is 5.55. The monoisotopic (exact) mass is 343 g/mol. The van der Waals surface area contributed by atoms with E-state index in [1.165, 1.54) is 0 Å². The molecule has 0 radical (unpaired) electrons. The summed E-state index contributed by atoms with van der Waals surface area (Å²) < 4.78 is 5.09. The van der Waals surface area contributed by atoms with E-state index in [1.54, 1.807) is 7.11 Å². The standard InChI is InChI=1S/C18H21N3O2S/c1-13(15-6-4-3-5-7-15)19-18(24)21-20-17(22)12-14-8-10-16(23-2)11-9-14/h3-11,13H,12H2,1-2H3,(H,20,22)(H2,19,21,24). The molecule has 0 aliphatic carbocycles. The van der Waals surface area contributed by atoms with E-state index in [-0.39, 0.29) is 18.4 Å². The molecule has 6 heteroatoms. The second-order valence-corrected chi connectivity index (χ2v) is 5.71. The minimum absolute atomic E-state index is 0.0460. The van der Waals surface area contributed by atoms with E-state index in [1.807, 2.05) is 61.5 Å². The molecule has 1 unspecified atom stereocenters. The van der Waals surface area contributed by atoms with Gasteiger partial charge in [0.25, 0.3) is 0 Å². The van der Waals surface area contributed by atoms with Crippen molar-refractivity contribution in [3.05, 3.63) is 65.7 Å². The molecule has 0 saturated heterocycles. The second-order valence-electron chi connectivity index (χ2n) is 5.30. The Kier molecular flexibility index (Phi) is 6.57. The highest BCUT2D eigenvalue weighted by atomic mass is 32.1. The van der Waals surface area contributed by atoms with Crippen molar-refractivity contribution in [3.63, 3.8) is 0 Å². The average molecular weight is 343 g/mol. The minimum Gasteiger partial charge on any atom is -0.497 e. The smallest absolute Gasteiger partial charge is 0.242 e. The number of hydrazine groups is 1. The Labute approximate surface area is 147 Å². The molecule has 0 aliphatic heterocycles. The molecule has 2 rings (SSSR count). The van der Waals surface area contributed by atoms with Gasteiger partial charge in [-0.05, 0) is 42.4 Å². The van der Waals surface area contributed by atoms with Gasteiger partial charge in [0.1, 0.15) is 5.75 Å². The fraction of sp³-hybridized carbons (Fsp3) is 0.222. The van der Waals surface area contributed by atoms with Crippen LogP contribution in [0.15, 0.2) is 54.6 Å². The molecular formula is C18H21N3O2S. The molecule has 3 N–H and O–H groups in total. The molecule has 5 nitrogen and oxygen atoms in total. The maximum Gasteiger partial charge on any atom is 0.242 e. The van der Waals surface area contributed by atoms with E-state index < -0.39 is 0 Å². The molecule has 1 atom stereocenters. The van der Waals surface area contributed by atoms with Gasteiger partial charge in [0.2, 0.25) is 5.91 Å². The third-order valence-electron chi connectivity index (χ3n) is 3.49. The predicted molar refractivity (Wildman–Crippen MR) is 98.6 cm³/mol. The van der Waals surface area contributed by atoms with Crippen molar-refractivity contribution >= 4 is 23.2 Å². The van der Waals surface area contributed by atoms with Gasteiger partial charge in [-0.15, -0.1) is 0 Å². The van der Waals surface area contributed by atoms with Crippen LogP contribution < -0.4 is 20.9 Å². The number of methoxy groups -OCH3 is 1. The predicted octanol–water partition coefficient (Wildman–Crippen LogP) is 2.49. The first-order valence-corrected chi connectivity index (χ1v) is 8.02. The van der Waals surface area contributed by atoms with Crippen molar-refractivity contribution in [2.24, 2.45) is 0 Å². The molecule has 0 heterocycles. The highest BCUT2D eigenvalue weighted by molar-refractivity contribution is 7.80. The van der Waals surface area contributed by atoms with E-state index >= 15 is 0 Å². The molecule has 0 saturated carbocycles. The summed E-state index contributed by atoms with van der Waals surface area (Å²) in [6.07, 6.45) is 0.258. The summed E-state index contributed by atoms with van der Waals surface area (Å²) in [7, 11) is 1.61. The van der Waals surface area contributed by atoms with Crippen LogP contribution in [0.5, 0.6) is 5.75 Å². The molecule has 1 amide bonds. The highest BCUT2D eigenvalue weighted by Crippen LogP contribution is 2.12. The second kappa shape index (κ2) is 8.88. The average Bonchev–Trinajstić information content (AvgIpc) is 2.61. The van der Waals surface area contributed by atoms with Crippen LogP contribution in [0.4, 0.5) is 0 Å². The quantitative estimate of drug-likeness (QED) is 0.575. The zero-order valence-electron chi connectivity index (χ0n) is 13.7. The van der Waals surface area contributed by atoms with Gasteiger partial charge in [0.05, 0.1) is 19.6 Å². The number of carbonyl (C=O) groups is 1. The normalized spacial score (nSPS) is 11.2. The van der Waals surface area contributed by atoms with Gasteiger partial charge in [-0.1, -0.05) is 42.5 Å². The summed E-state index contributed by atoms with van der Waals surface area (Å²) in [5.41, 5.74) is 7.33. The number of amides is 1. The largest absolute Gasteiger partial charge is 0.497 e. The van der Waals surface area contributed by atoms with Crippen LogP contribution in [0.25, 0.3) is 0 Å². The van der Waals surface area contributed by atoms with Crippen LogP contribution >= 0.6 is 12.2 Å². The summed E-state index contributed by atoms with van der Waals surface area (Å²) in [6.45, 7) is 2.00. The first-order valence-electron chi connectivity index (χ1n) is 7.61. The molecule has 0 aliphatic rings. The number of thiocarbonyl (C=S) groups is 1. The van der Waals surface area contributed by atoms with Crippen LogP contribution in [-0.4, -0.2) is 18.1 Å². The lowest BCUT2D eigenvalue weighted by Crippen LogP contribution is -2.47. The maximum absolute atomic E-state index is 11.9. The number of hydrogen-bond acceptors (Lipinski definition) is 3. The molecular weight excluding hydrogens is 322 g/mol. The Morgan fingerprint density at radius 1 is 1.08 bits per heavy atom. The third-order valence-corrected chi connectivity index (χ3v) is 3.71. The van der Waals surface area contributed by atoms with Gasteiger partial charge in [-0.25, -0.2) is 0 Å². The van der Waals surface area contributed by atoms with Gasteiger partial charge >= 0.3 is 0 Å². The summed E-state index contributed by atoms with van der Waals surface area (Å²) in [5, 5.41) is 3.49. The first kappa shape index (κ1) is 17.7. The number of carbonyl (C=O) groups excluding carboxylic acids is 1. The summed E-state index contributed by atoms with van der Waals surface area (Å²) in [4.78, 5) is 11.9. The lowest BCUT2D eigenvalue weighted by molar-refractivity contribution is -0.121. The zero-order chi connectivity index (χ0) is 17.4. The summed E-state index contributed by atoms with van der Waals surface area (Å²) in [6, 6.07) is 17.3. The Balaban J connectivity index is 1.75. The molecule has 0 spiro atoms. The molecule has 126 valence electrons. The van der Waals surface area contributed by atoms with Gasteiger partial charge in [-0.2, -0.15) is 0 Å². The van der Waals surface area contributed by atoms with Gasteiger partial charge in [-0.3, -0.25) is 15.6 Å². The molecule has 2 aromatic carbocycles. The molecule has 0 fully saturated rings. The number of rotatable bonds is 5. The topological polar surface area (TPSA) is 62.4 Å². The number of benzene rings is 2. The van der Waals surface area contributed by atoms with Crippen molar-refractivity contribution in [2.75, 3.05) is 7.11 Å². The van der Waals surface area contributed by atoms with E-state index in [9.17, 15) is 4.79 Å². The fourth-order valence-corrected chi connectivity index (χ4v) is 2.39. The lowest BCUT2D eigenvalue weighted by atomic mass is 10.1. The van der Waals surface area contributed by atoms with Crippen LogP contribution in [0.1, 0.15) is 24.1 Å². The van der Waals surface area contributed by atoms with E-state index in [4.69, 9.17) is 17.0 Å². The zero-order valence-corrected chi connectivity index (χ0v) is 14.5. The first-order chi connectivity index (χ1) is 11.6. The molecule has 0 bridgehead atoms. The van der Waals surface area contributed by atoms with Crippen molar-refractivity contribution in [2.45, 2.75) is 19.4 Å². The van der Waals surface area contributed by atoms with E-state index in [2.05, 4.69) is 16.2 Å². The Morgan fingerprint density at radius 3 is 2.38 bits per heavy atom. The van der Waals surface area contributed by atoms with Gasteiger partial charge in [0.15, 0.2) is 5.11 Å². The van der Waals surface area contributed by atoms with Gasteiger partial charge in [0, 0.05) is 0 Å². The molecule has 24 heavy (non-hydrogen) atoms. The van der Waals surface area contributed by atoms with Crippen LogP contribution in [-0.2, 0) is 11.2 Å². The summed E-state index contributed by atoms with van der Waals surface area (Å²) >= 11 is 5.19. The maximum atomic E-state index is 11.9. The number of ether oxygens (including phenoxy) is 1. The summed E-state index contributed by atoms with van der Waals surface area (Å²) in [5.74, 6) is 0.592. The lowest BCUT2D eigenvalue weighted by Gasteiger charge is -2.17. The van der Waals surface area contributed by atoms with Crippen LogP contribution in [0.3, 0.4) is 0 Å².